The maximum absolute atomic E-state index is 9.93. The average molecular weight is 262 g/mol. The van der Waals surface area contributed by atoms with E-state index < -0.39 is 0 Å². The summed E-state index contributed by atoms with van der Waals surface area (Å²) in [6, 6.07) is 10.2. The van der Waals surface area contributed by atoms with Crippen LogP contribution < -0.4 is 0 Å². The number of aryl methyl sites for hydroxylation is 2. The van der Waals surface area contributed by atoms with Gasteiger partial charge in [-0.3, -0.25) is 4.68 Å². The fourth-order valence-corrected chi connectivity index (χ4v) is 2.63. The molecule has 0 aliphatic heterocycles. The molecule has 0 aliphatic rings. The van der Waals surface area contributed by atoms with E-state index in [-0.39, 0.29) is 6.10 Å². The smallest absolute Gasteiger partial charge is 0.0637 e. The molecule has 0 bridgehead atoms. The SMILES string of the molecule is Cn1cc(CCC(O)CSc2ccccc2)cn1. The molecule has 0 saturated heterocycles. The van der Waals surface area contributed by atoms with Crippen molar-refractivity contribution in [1.82, 2.24) is 9.78 Å². The summed E-state index contributed by atoms with van der Waals surface area (Å²) in [5, 5.41) is 14.0. The Hall–Kier alpha value is -1.26. The maximum Gasteiger partial charge on any atom is 0.0637 e. The van der Waals surface area contributed by atoms with Gasteiger partial charge in [0.1, 0.15) is 0 Å². The normalized spacial score (nSPS) is 12.6. The zero-order chi connectivity index (χ0) is 12.8. The molecule has 18 heavy (non-hydrogen) atoms. The Balaban J connectivity index is 1.71. The van der Waals surface area contributed by atoms with Crippen molar-refractivity contribution in [3.05, 3.63) is 48.3 Å². The molecular formula is C14H18N2OS. The van der Waals surface area contributed by atoms with E-state index in [4.69, 9.17) is 0 Å². The van der Waals surface area contributed by atoms with E-state index in [1.54, 1.807) is 16.4 Å². The molecule has 0 amide bonds. The molecule has 0 fully saturated rings. The maximum atomic E-state index is 9.93. The fourth-order valence-electron chi connectivity index (χ4n) is 1.73. The predicted octanol–water partition coefficient (Wildman–Crippen LogP) is 2.51. The van der Waals surface area contributed by atoms with Crippen molar-refractivity contribution in [3.8, 4) is 0 Å². The third-order valence-corrected chi connectivity index (χ3v) is 3.87. The second-order valence-corrected chi connectivity index (χ2v) is 5.43. The van der Waals surface area contributed by atoms with E-state index in [9.17, 15) is 5.11 Å². The van der Waals surface area contributed by atoms with Gasteiger partial charge in [-0.05, 0) is 30.5 Å². The van der Waals surface area contributed by atoms with Gasteiger partial charge in [-0.25, -0.2) is 0 Å². The molecule has 1 aromatic heterocycles. The van der Waals surface area contributed by atoms with Gasteiger partial charge >= 0.3 is 0 Å². The zero-order valence-corrected chi connectivity index (χ0v) is 11.3. The largest absolute Gasteiger partial charge is 0.392 e. The van der Waals surface area contributed by atoms with Crippen molar-refractivity contribution in [2.45, 2.75) is 23.8 Å². The molecule has 0 aliphatic carbocycles. The average Bonchev–Trinajstić information content (AvgIpc) is 2.81. The number of aliphatic hydroxyl groups is 1. The van der Waals surface area contributed by atoms with Crippen molar-refractivity contribution >= 4 is 11.8 Å². The highest BCUT2D eigenvalue weighted by molar-refractivity contribution is 7.99. The van der Waals surface area contributed by atoms with Gasteiger partial charge in [-0.2, -0.15) is 5.10 Å². The summed E-state index contributed by atoms with van der Waals surface area (Å²) in [5.74, 6) is 0.740. The molecule has 0 spiro atoms. The highest BCUT2D eigenvalue weighted by Gasteiger charge is 2.06. The van der Waals surface area contributed by atoms with Crippen LogP contribution in [0.2, 0.25) is 0 Å². The Bertz CT molecular complexity index is 470. The minimum absolute atomic E-state index is 0.268. The van der Waals surface area contributed by atoms with Gasteiger partial charge in [0.15, 0.2) is 0 Å². The molecule has 1 unspecified atom stereocenters. The van der Waals surface area contributed by atoms with E-state index in [0.717, 1.165) is 18.6 Å². The van der Waals surface area contributed by atoms with Crippen LogP contribution in [0, 0.1) is 0 Å². The first-order valence-corrected chi connectivity index (χ1v) is 7.06. The minimum atomic E-state index is -0.268. The molecule has 4 heteroatoms. The number of aromatic nitrogens is 2. The Morgan fingerprint density at radius 3 is 2.78 bits per heavy atom. The molecule has 1 heterocycles. The van der Waals surface area contributed by atoms with E-state index in [0.29, 0.717) is 0 Å². The lowest BCUT2D eigenvalue weighted by molar-refractivity contribution is 0.189. The first kappa shape index (κ1) is 13.2. The molecule has 1 aromatic carbocycles. The Labute approximate surface area is 112 Å². The Kier molecular flexibility index (Phi) is 4.84. The standard InChI is InChI=1S/C14H18N2OS/c1-16-10-12(9-15-16)7-8-13(17)11-18-14-5-3-2-4-6-14/h2-6,9-10,13,17H,7-8,11H2,1H3. The van der Waals surface area contributed by atoms with Crippen LogP contribution in [0.1, 0.15) is 12.0 Å². The highest BCUT2D eigenvalue weighted by Crippen LogP contribution is 2.19. The third-order valence-electron chi connectivity index (χ3n) is 2.71. The highest BCUT2D eigenvalue weighted by atomic mass is 32.2. The van der Waals surface area contributed by atoms with Crippen molar-refractivity contribution in [2.75, 3.05) is 5.75 Å². The number of rotatable bonds is 6. The number of hydrogen-bond acceptors (Lipinski definition) is 3. The monoisotopic (exact) mass is 262 g/mol. The van der Waals surface area contributed by atoms with Crippen LogP contribution in [-0.4, -0.2) is 26.7 Å². The van der Waals surface area contributed by atoms with E-state index >= 15 is 0 Å². The second-order valence-electron chi connectivity index (χ2n) is 4.34. The molecule has 2 aromatic rings. The van der Waals surface area contributed by atoms with Crippen LogP contribution in [0.4, 0.5) is 0 Å². The van der Waals surface area contributed by atoms with E-state index in [1.807, 2.05) is 37.6 Å². The molecule has 96 valence electrons. The lowest BCUT2D eigenvalue weighted by Crippen LogP contribution is -2.10. The summed E-state index contributed by atoms with van der Waals surface area (Å²) in [7, 11) is 1.91. The van der Waals surface area contributed by atoms with Gasteiger partial charge in [-0.15, -0.1) is 11.8 Å². The van der Waals surface area contributed by atoms with Gasteiger partial charge in [0.05, 0.1) is 12.3 Å². The van der Waals surface area contributed by atoms with Crippen LogP contribution in [0.3, 0.4) is 0 Å². The lowest BCUT2D eigenvalue weighted by atomic mass is 10.1. The summed E-state index contributed by atoms with van der Waals surface area (Å²) in [6.07, 6.45) is 5.25. The van der Waals surface area contributed by atoms with Gasteiger partial charge < -0.3 is 5.11 Å². The summed E-state index contributed by atoms with van der Waals surface area (Å²) in [5.41, 5.74) is 1.18. The summed E-state index contributed by atoms with van der Waals surface area (Å²) in [4.78, 5) is 1.21. The van der Waals surface area contributed by atoms with E-state index in [2.05, 4.69) is 17.2 Å². The first-order chi connectivity index (χ1) is 8.74. The first-order valence-electron chi connectivity index (χ1n) is 6.07. The molecule has 0 saturated carbocycles. The predicted molar refractivity (Wildman–Crippen MR) is 74.7 cm³/mol. The quantitative estimate of drug-likeness (QED) is 0.813. The van der Waals surface area contributed by atoms with Gasteiger partial charge in [-0.1, -0.05) is 18.2 Å². The zero-order valence-electron chi connectivity index (χ0n) is 10.5. The van der Waals surface area contributed by atoms with Crippen molar-refractivity contribution in [1.29, 1.82) is 0 Å². The molecule has 2 rings (SSSR count). The fraction of sp³-hybridized carbons (Fsp3) is 0.357. The van der Waals surface area contributed by atoms with Crippen molar-refractivity contribution in [2.24, 2.45) is 7.05 Å². The number of thioether (sulfide) groups is 1. The van der Waals surface area contributed by atoms with Crippen LogP contribution in [0.25, 0.3) is 0 Å². The molecular weight excluding hydrogens is 244 g/mol. The van der Waals surface area contributed by atoms with Gasteiger partial charge in [0.2, 0.25) is 0 Å². The number of aliphatic hydroxyl groups excluding tert-OH is 1. The van der Waals surface area contributed by atoms with Gasteiger partial charge in [0.25, 0.3) is 0 Å². The number of nitrogens with zero attached hydrogens (tertiary/aromatic N) is 2. The minimum Gasteiger partial charge on any atom is -0.392 e. The Morgan fingerprint density at radius 2 is 2.11 bits per heavy atom. The van der Waals surface area contributed by atoms with Crippen molar-refractivity contribution in [3.63, 3.8) is 0 Å². The molecule has 0 radical (unpaired) electrons. The number of hydrogen-bond donors (Lipinski definition) is 1. The van der Waals surface area contributed by atoms with Crippen LogP contribution in [0.5, 0.6) is 0 Å². The number of benzene rings is 1. The topological polar surface area (TPSA) is 38.0 Å². The summed E-state index contributed by atoms with van der Waals surface area (Å²) in [6.45, 7) is 0. The summed E-state index contributed by atoms with van der Waals surface area (Å²) < 4.78 is 1.79. The van der Waals surface area contributed by atoms with E-state index in [1.165, 1.54) is 10.5 Å². The van der Waals surface area contributed by atoms with Crippen LogP contribution in [0.15, 0.2) is 47.6 Å². The third kappa shape index (κ3) is 4.20. The molecule has 1 atom stereocenters. The lowest BCUT2D eigenvalue weighted by Gasteiger charge is -2.09. The van der Waals surface area contributed by atoms with Crippen molar-refractivity contribution < 1.29 is 5.11 Å². The van der Waals surface area contributed by atoms with Crippen LogP contribution >= 0.6 is 11.8 Å². The summed E-state index contributed by atoms with van der Waals surface area (Å²) >= 11 is 1.70. The molecule has 1 N–H and O–H groups in total. The van der Waals surface area contributed by atoms with Crippen LogP contribution in [-0.2, 0) is 13.5 Å². The molecule has 3 nitrogen and oxygen atoms in total. The Morgan fingerprint density at radius 1 is 1.33 bits per heavy atom. The second kappa shape index (κ2) is 6.61. The van der Waals surface area contributed by atoms with Gasteiger partial charge in [0, 0.05) is 23.9 Å².